The van der Waals surface area contributed by atoms with Crippen molar-refractivity contribution in [3.63, 3.8) is 0 Å². The summed E-state index contributed by atoms with van der Waals surface area (Å²) in [6.07, 6.45) is 0. The normalized spacial score (nSPS) is 0. The summed E-state index contributed by atoms with van der Waals surface area (Å²) < 4.78 is 0. The van der Waals surface area contributed by atoms with Crippen LogP contribution < -0.4 is 0 Å². The Labute approximate surface area is 114 Å². The van der Waals surface area contributed by atoms with Crippen molar-refractivity contribution in [1.29, 1.82) is 0 Å². The molecule has 0 unspecified atom stereocenters. The third-order valence-corrected chi connectivity index (χ3v) is 0. The van der Waals surface area contributed by atoms with E-state index >= 15 is 0 Å². The second kappa shape index (κ2) is 24.9. The molecule has 0 bridgehead atoms. The van der Waals surface area contributed by atoms with E-state index in [9.17, 15) is 0 Å². The first-order valence-electron chi connectivity index (χ1n) is 0. The van der Waals surface area contributed by atoms with Crippen LogP contribution in [0.4, 0.5) is 0 Å². The van der Waals surface area contributed by atoms with E-state index in [1.54, 1.807) is 0 Å². The Kier molecular flexibility index (Phi) is 185. The summed E-state index contributed by atoms with van der Waals surface area (Å²) in [5.74, 6) is 0. The minimum atomic E-state index is 0. The van der Waals surface area contributed by atoms with Gasteiger partial charge in [0, 0.05) is 116 Å². The van der Waals surface area contributed by atoms with E-state index in [1.807, 2.05) is 0 Å². The van der Waals surface area contributed by atoms with Gasteiger partial charge in [0.25, 0.3) is 0 Å². The van der Waals surface area contributed by atoms with E-state index in [4.69, 9.17) is 0 Å². The van der Waals surface area contributed by atoms with Gasteiger partial charge in [-0.2, -0.15) is 0 Å². The smallest absolute Gasteiger partial charge is 0 e. The van der Waals surface area contributed by atoms with Crippen molar-refractivity contribution in [3.8, 4) is 0 Å². The van der Waals surface area contributed by atoms with Crippen LogP contribution in [0.25, 0.3) is 0 Å². The van der Waals surface area contributed by atoms with Crippen LogP contribution in [0.3, 0.4) is 0 Å². The first kappa shape index (κ1) is 37.0. The maximum Gasteiger partial charge on any atom is 0 e. The van der Waals surface area contributed by atoms with Crippen LogP contribution in [0.5, 0.6) is 0 Å². The Morgan fingerprint density at radius 1 is 1.00 bits per heavy atom. The molecule has 0 N–H and O–H groups in total. The zero-order chi connectivity index (χ0) is 0. The second-order valence-electron chi connectivity index (χ2n) is 0. The summed E-state index contributed by atoms with van der Waals surface area (Å²) in [5, 5.41) is 0. The average molecular weight is 352 g/mol. The maximum absolute atomic E-state index is 0. The molecule has 0 saturated carbocycles. The molecule has 18 valence electrons. The van der Waals surface area contributed by atoms with Crippen LogP contribution in [0.15, 0.2) is 0 Å². The zero-order valence-electron chi connectivity index (χ0n) is 2.87. The van der Waals surface area contributed by atoms with Crippen molar-refractivity contribution in [3.05, 3.63) is 0 Å². The molecule has 5 heteroatoms. The van der Waals surface area contributed by atoms with E-state index in [2.05, 4.69) is 0 Å². The van der Waals surface area contributed by atoms with E-state index in [0.29, 0.717) is 0 Å². The molecule has 0 aliphatic heterocycles. The van der Waals surface area contributed by atoms with Gasteiger partial charge in [-0.3, -0.25) is 0 Å². The molecule has 0 saturated heterocycles. The summed E-state index contributed by atoms with van der Waals surface area (Å²) in [5.41, 5.74) is 0. The molecule has 0 aliphatic carbocycles. The van der Waals surface area contributed by atoms with Crippen LogP contribution in [0, 0.1) is 0 Å². The molecule has 0 aromatic heterocycles. The van der Waals surface area contributed by atoms with E-state index in [-0.39, 0.29) is 116 Å². The summed E-state index contributed by atoms with van der Waals surface area (Å²) >= 11 is 0. The predicted molar refractivity (Wildman–Crippen MR) is 11.5 cm³/mol. The molecular weight excluding hydrogens is 352 g/mol. The molecule has 0 atom stereocenters. The molecule has 0 rings (SSSR count). The van der Waals surface area contributed by atoms with Crippen LogP contribution in [0.2, 0.25) is 0 Å². The van der Waals surface area contributed by atoms with Crippen LogP contribution in [-0.4, -0.2) is 47.0 Å². The Hall–Kier alpha value is 3.81. The molecule has 0 nitrogen and oxygen atoms in total. The standard InChI is InChI=1S/Mg.Mn.Sn.Y.Zn. The van der Waals surface area contributed by atoms with Gasteiger partial charge in [-0.1, -0.05) is 0 Å². The van der Waals surface area contributed by atoms with E-state index in [0.717, 1.165) is 0 Å². The summed E-state index contributed by atoms with van der Waals surface area (Å²) in [6.45, 7) is 0. The SMILES string of the molecule is [Mg].[Mn].[Sn].[Y].[Zn]. The molecule has 0 aromatic rings. The maximum atomic E-state index is 0. The molecule has 0 aromatic carbocycles. The Morgan fingerprint density at radius 3 is 1.00 bits per heavy atom. The van der Waals surface area contributed by atoms with Crippen molar-refractivity contribution >= 4 is 47.0 Å². The van der Waals surface area contributed by atoms with Crippen LogP contribution in [0.1, 0.15) is 0 Å². The van der Waals surface area contributed by atoms with Crippen molar-refractivity contribution in [2.45, 2.75) is 0 Å². The first-order chi connectivity index (χ1) is 0. The summed E-state index contributed by atoms with van der Waals surface area (Å²) in [7, 11) is 0. The molecule has 0 aliphatic rings. The Bertz CT molecular complexity index is 11.6. The summed E-state index contributed by atoms with van der Waals surface area (Å²) in [6, 6.07) is 0. The van der Waals surface area contributed by atoms with Gasteiger partial charge < -0.3 is 0 Å². The number of rotatable bonds is 0. The van der Waals surface area contributed by atoms with Gasteiger partial charge in [0.2, 0.25) is 0 Å². The molecule has 8 radical (unpaired) electrons. The molecule has 0 amide bonds. The van der Waals surface area contributed by atoms with E-state index in [1.165, 1.54) is 0 Å². The predicted octanol–water partition coefficient (Wildman–Crippen LogP) is -0.769. The second-order valence-corrected chi connectivity index (χ2v) is 0. The number of hydrogen-bond acceptors (Lipinski definition) is 0. The fourth-order valence-electron chi connectivity index (χ4n) is 0. The van der Waals surface area contributed by atoms with Crippen molar-refractivity contribution in [2.24, 2.45) is 0 Å². The molecule has 0 fully saturated rings. The summed E-state index contributed by atoms with van der Waals surface area (Å²) in [4.78, 5) is 0. The van der Waals surface area contributed by atoms with Gasteiger partial charge in [-0.25, -0.2) is 0 Å². The van der Waals surface area contributed by atoms with Gasteiger partial charge >= 0.3 is 0 Å². The minimum Gasteiger partial charge on any atom is 0 e. The van der Waals surface area contributed by atoms with Crippen LogP contribution in [-0.2, 0) is 69.3 Å². The zero-order valence-corrected chi connectivity index (χ0v) is 14.1. The molecule has 5 heavy (non-hydrogen) atoms. The third-order valence-electron chi connectivity index (χ3n) is 0. The number of hydrogen-bond donors (Lipinski definition) is 0. The Morgan fingerprint density at radius 2 is 1.00 bits per heavy atom. The van der Waals surface area contributed by atoms with Gasteiger partial charge in [-0.15, -0.1) is 0 Å². The third kappa shape index (κ3) is 18.2. The van der Waals surface area contributed by atoms with Crippen molar-refractivity contribution in [1.82, 2.24) is 0 Å². The fourth-order valence-corrected chi connectivity index (χ4v) is 0. The first-order valence-corrected chi connectivity index (χ1v) is 0. The topological polar surface area (TPSA) is 0 Å². The molecule has 0 heterocycles. The van der Waals surface area contributed by atoms with Gasteiger partial charge in [-0.05, 0) is 0 Å². The van der Waals surface area contributed by atoms with Crippen LogP contribution >= 0.6 is 0 Å². The monoisotopic (exact) mass is 352 g/mol. The minimum absolute atomic E-state index is 0. The van der Waals surface area contributed by atoms with Gasteiger partial charge in [0.05, 0.1) is 0 Å². The molecular formula is MgMnSnYZn. The van der Waals surface area contributed by atoms with Gasteiger partial charge in [0.15, 0.2) is 0 Å². The van der Waals surface area contributed by atoms with E-state index < -0.39 is 0 Å². The largest absolute Gasteiger partial charge is 0 e. The quantitative estimate of drug-likeness (QED) is 0.503. The molecule has 0 spiro atoms. The fraction of sp³-hybridized carbons (Fsp3) is 0. The van der Waals surface area contributed by atoms with Crippen molar-refractivity contribution in [2.75, 3.05) is 0 Å². The van der Waals surface area contributed by atoms with Gasteiger partial charge in [0.1, 0.15) is 0 Å². The average Bonchev–Trinajstić information content (AvgIpc) is 0. The Balaban J connectivity index is 0. The van der Waals surface area contributed by atoms with Crippen molar-refractivity contribution < 1.29 is 69.3 Å².